The molecule has 0 spiro atoms. The minimum atomic E-state index is -0.644. The molecule has 0 N–H and O–H groups in total. The van der Waals surface area contributed by atoms with Crippen LogP contribution in [0.2, 0.25) is 0 Å². The van der Waals surface area contributed by atoms with Gasteiger partial charge in [-0.2, -0.15) is 0 Å². The Hall–Kier alpha value is -2.96. The molecule has 7 nitrogen and oxygen atoms in total. The molecule has 1 heterocycles. The Morgan fingerprint density at radius 2 is 2.00 bits per heavy atom. The lowest BCUT2D eigenvalue weighted by molar-refractivity contribution is -0.390. The third-order valence-corrected chi connectivity index (χ3v) is 2.96. The van der Waals surface area contributed by atoms with E-state index in [-0.39, 0.29) is 18.3 Å². The van der Waals surface area contributed by atoms with Gasteiger partial charge in [-0.1, -0.05) is 18.2 Å². The van der Waals surface area contributed by atoms with Crippen LogP contribution in [0.15, 0.2) is 48.7 Å². The molecule has 0 aliphatic carbocycles. The lowest BCUT2D eigenvalue weighted by atomic mass is 10.3. The number of pyridine rings is 1. The molecule has 22 heavy (non-hydrogen) atoms. The summed E-state index contributed by atoms with van der Waals surface area (Å²) in [6.07, 6.45) is 1.30. The van der Waals surface area contributed by atoms with Crippen molar-refractivity contribution >= 4 is 17.4 Å². The Labute approximate surface area is 127 Å². The summed E-state index contributed by atoms with van der Waals surface area (Å²) in [7, 11) is 0. The van der Waals surface area contributed by atoms with Crippen LogP contribution in [0.4, 0.5) is 11.5 Å². The van der Waals surface area contributed by atoms with Crippen LogP contribution in [0.5, 0.6) is 5.75 Å². The molecule has 1 aromatic carbocycles. The molecule has 0 radical (unpaired) electrons. The number of anilines is 1. The summed E-state index contributed by atoms with van der Waals surface area (Å²) in [5, 5.41) is 10.8. The normalized spacial score (nSPS) is 10.0. The number of ether oxygens (including phenoxy) is 1. The fourth-order valence-corrected chi connectivity index (χ4v) is 1.96. The second kappa shape index (κ2) is 7.16. The van der Waals surface area contributed by atoms with Crippen LogP contribution < -0.4 is 9.64 Å². The first-order chi connectivity index (χ1) is 10.6. The van der Waals surface area contributed by atoms with Crippen molar-refractivity contribution in [1.29, 1.82) is 0 Å². The van der Waals surface area contributed by atoms with E-state index < -0.39 is 10.7 Å². The average molecular weight is 301 g/mol. The molecule has 1 aromatic heterocycles. The molecule has 2 rings (SSSR count). The maximum atomic E-state index is 12.2. The van der Waals surface area contributed by atoms with Crippen molar-refractivity contribution in [1.82, 2.24) is 4.98 Å². The number of amides is 1. The van der Waals surface area contributed by atoms with E-state index in [9.17, 15) is 14.9 Å². The van der Waals surface area contributed by atoms with E-state index in [4.69, 9.17) is 4.74 Å². The number of nitro groups is 1. The molecule has 7 heteroatoms. The van der Waals surface area contributed by atoms with Crippen LogP contribution in [-0.4, -0.2) is 29.0 Å². The van der Waals surface area contributed by atoms with E-state index in [1.54, 1.807) is 4.90 Å². The van der Waals surface area contributed by atoms with Crippen LogP contribution in [0.1, 0.15) is 6.92 Å². The smallest absolute Gasteiger partial charge is 0.406 e. The highest BCUT2D eigenvalue weighted by molar-refractivity contribution is 5.94. The van der Waals surface area contributed by atoms with E-state index in [0.717, 1.165) is 5.69 Å². The molecule has 0 saturated carbocycles. The van der Waals surface area contributed by atoms with Gasteiger partial charge in [-0.3, -0.25) is 4.79 Å². The first-order valence-corrected chi connectivity index (χ1v) is 6.71. The van der Waals surface area contributed by atoms with Gasteiger partial charge in [-0.05, 0) is 41.1 Å². The highest BCUT2D eigenvalue weighted by atomic mass is 16.6. The van der Waals surface area contributed by atoms with Gasteiger partial charge < -0.3 is 19.8 Å². The Morgan fingerprint density at radius 3 is 2.64 bits per heavy atom. The third kappa shape index (κ3) is 3.57. The quantitative estimate of drug-likeness (QED) is 0.604. The predicted octanol–water partition coefficient (Wildman–Crippen LogP) is 2.42. The van der Waals surface area contributed by atoms with Crippen LogP contribution in [0.25, 0.3) is 0 Å². The molecule has 0 atom stereocenters. The summed E-state index contributed by atoms with van der Waals surface area (Å²) < 4.78 is 5.27. The molecule has 0 aliphatic rings. The number of benzene rings is 1. The molecule has 1 amide bonds. The van der Waals surface area contributed by atoms with E-state index in [1.165, 1.54) is 18.3 Å². The van der Waals surface area contributed by atoms with Crippen LogP contribution >= 0.6 is 0 Å². The first-order valence-electron chi connectivity index (χ1n) is 6.71. The monoisotopic (exact) mass is 301 g/mol. The molecule has 0 fully saturated rings. The summed E-state index contributed by atoms with van der Waals surface area (Å²) in [6.45, 7) is 2.02. The number of carbonyl (C=O) groups excluding carboxylic acids is 1. The van der Waals surface area contributed by atoms with Gasteiger partial charge in [-0.15, -0.1) is 0 Å². The van der Waals surface area contributed by atoms with E-state index in [2.05, 4.69) is 4.98 Å². The fourth-order valence-electron chi connectivity index (χ4n) is 1.96. The largest absolute Gasteiger partial charge is 0.476 e. The summed E-state index contributed by atoms with van der Waals surface area (Å²) in [5.41, 5.74) is 0.749. The molecule has 0 unspecified atom stereocenters. The molecule has 2 aromatic rings. The van der Waals surface area contributed by atoms with Crippen molar-refractivity contribution in [2.75, 3.05) is 18.1 Å². The van der Waals surface area contributed by atoms with Crippen molar-refractivity contribution in [2.24, 2.45) is 0 Å². The number of rotatable bonds is 6. The van der Waals surface area contributed by atoms with E-state index in [0.29, 0.717) is 6.54 Å². The predicted molar refractivity (Wildman–Crippen MR) is 80.9 cm³/mol. The molecule has 114 valence electrons. The number of likely N-dealkylation sites (N-methyl/N-ethyl adjacent to an activating group) is 1. The molecule has 0 saturated heterocycles. The van der Waals surface area contributed by atoms with Gasteiger partial charge >= 0.3 is 5.82 Å². The van der Waals surface area contributed by atoms with Crippen molar-refractivity contribution in [3.8, 4) is 5.75 Å². The molecular weight excluding hydrogens is 286 g/mol. The van der Waals surface area contributed by atoms with E-state index in [1.807, 2.05) is 37.3 Å². The molecule has 0 bridgehead atoms. The second-order valence-corrected chi connectivity index (χ2v) is 4.34. The van der Waals surface area contributed by atoms with Crippen LogP contribution in [0.3, 0.4) is 0 Å². The number of para-hydroxylation sites is 1. The van der Waals surface area contributed by atoms with Crippen LogP contribution in [-0.2, 0) is 4.79 Å². The van der Waals surface area contributed by atoms with Gasteiger partial charge in [0.2, 0.25) is 5.75 Å². The number of hydrogen-bond acceptors (Lipinski definition) is 5. The van der Waals surface area contributed by atoms with Crippen LogP contribution in [0, 0.1) is 10.1 Å². The van der Waals surface area contributed by atoms with Crippen molar-refractivity contribution < 1.29 is 14.5 Å². The lowest BCUT2D eigenvalue weighted by Crippen LogP contribution is -2.34. The van der Waals surface area contributed by atoms with Crippen molar-refractivity contribution in [3.63, 3.8) is 0 Å². The minimum Gasteiger partial charge on any atom is -0.476 e. The van der Waals surface area contributed by atoms with Gasteiger partial charge in [0, 0.05) is 12.2 Å². The molecular formula is C15H15N3O4. The summed E-state index contributed by atoms with van der Waals surface area (Å²) in [5.74, 6) is -0.713. The highest BCUT2D eigenvalue weighted by Gasteiger charge is 2.19. The number of nitrogens with zero attached hydrogens (tertiary/aromatic N) is 3. The summed E-state index contributed by atoms with van der Waals surface area (Å²) >= 11 is 0. The standard InChI is InChI=1S/C15H15N3O4/c1-2-17(12-7-4-3-5-8-12)14(19)11-22-13-9-6-10-16-15(13)18(20)21/h3-10H,2,11H2,1H3. The second-order valence-electron chi connectivity index (χ2n) is 4.34. The number of aromatic nitrogens is 1. The van der Waals surface area contributed by atoms with Crippen molar-refractivity contribution in [2.45, 2.75) is 6.92 Å². The van der Waals surface area contributed by atoms with E-state index >= 15 is 0 Å². The van der Waals surface area contributed by atoms with Gasteiger partial charge in [0.1, 0.15) is 6.20 Å². The fraction of sp³-hybridized carbons (Fsp3) is 0.200. The topological polar surface area (TPSA) is 85.6 Å². The Balaban J connectivity index is 2.08. The third-order valence-electron chi connectivity index (χ3n) is 2.96. The van der Waals surface area contributed by atoms with Crippen molar-refractivity contribution in [3.05, 3.63) is 58.8 Å². The van der Waals surface area contributed by atoms with Gasteiger partial charge in [0.15, 0.2) is 6.61 Å². The Kier molecular flexibility index (Phi) is 5.02. The summed E-state index contributed by atoms with van der Waals surface area (Å²) in [4.78, 5) is 27.6. The SMILES string of the molecule is CCN(C(=O)COc1cccnc1[N+](=O)[O-])c1ccccc1. The number of hydrogen-bond donors (Lipinski definition) is 0. The average Bonchev–Trinajstić information content (AvgIpc) is 2.55. The highest BCUT2D eigenvalue weighted by Crippen LogP contribution is 2.23. The molecule has 0 aliphatic heterocycles. The maximum Gasteiger partial charge on any atom is 0.406 e. The Morgan fingerprint density at radius 1 is 1.27 bits per heavy atom. The van der Waals surface area contributed by atoms with Gasteiger partial charge in [-0.25, -0.2) is 0 Å². The number of carbonyl (C=O) groups is 1. The minimum absolute atomic E-state index is 0.0232. The Bertz CT molecular complexity index is 661. The zero-order chi connectivity index (χ0) is 15.9. The van der Waals surface area contributed by atoms with Gasteiger partial charge in [0.25, 0.3) is 5.91 Å². The zero-order valence-corrected chi connectivity index (χ0v) is 12.0. The first kappa shape index (κ1) is 15.4. The maximum absolute atomic E-state index is 12.2. The summed E-state index contributed by atoms with van der Waals surface area (Å²) in [6, 6.07) is 12.1. The van der Waals surface area contributed by atoms with Gasteiger partial charge in [0.05, 0.1) is 0 Å². The zero-order valence-electron chi connectivity index (χ0n) is 12.0. The lowest BCUT2D eigenvalue weighted by Gasteiger charge is -2.20.